The van der Waals surface area contributed by atoms with Crippen LogP contribution < -0.4 is 0 Å². The summed E-state index contributed by atoms with van der Waals surface area (Å²) in [5.74, 6) is 4.09. The molecule has 1 heterocycles. The lowest BCUT2D eigenvalue weighted by molar-refractivity contribution is -0.133. The highest BCUT2D eigenvalue weighted by atomic mass is 16.5. The van der Waals surface area contributed by atoms with E-state index in [0.717, 1.165) is 0 Å². The number of esters is 1. The molecule has 0 saturated carbocycles. The van der Waals surface area contributed by atoms with Gasteiger partial charge in [0, 0.05) is 17.7 Å². The third-order valence-corrected chi connectivity index (χ3v) is 1.22. The average molecular weight is 177 g/mol. The molecule has 13 heavy (non-hydrogen) atoms. The van der Waals surface area contributed by atoms with Gasteiger partial charge in [0.15, 0.2) is 0 Å². The average Bonchev–Trinajstić information content (AvgIpc) is 2.14. The lowest BCUT2D eigenvalue weighted by Gasteiger charge is -1.90. The number of pyridine rings is 1. The summed E-state index contributed by atoms with van der Waals surface area (Å²) in [4.78, 5) is 14.3. The van der Waals surface area contributed by atoms with Crippen molar-refractivity contribution < 1.29 is 14.6 Å². The molecule has 1 rings (SSSR count). The van der Waals surface area contributed by atoms with Crippen molar-refractivity contribution in [3.05, 3.63) is 24.0 Å². The van der Waals surface area contributed by atoms with Crippen LogP contribution in [0.3, 0.4) is 0 Å². The standard InChI is InChI=1S/C9H7NO3/c1-13-9(12)3-2-7-4-8(11)6-10-5-7/h4-6,11H,1H3. The van der Waals surface area contributed by atoms with Gasteiger partial charge in [-0.1, -0.05) is 5.92 Å². The molecule has 0 amide bonds. The summed E-state index contributed by atoms with van der Waals surface area (Å²) in [5, 5.41) is 8.99. The Morgan fingerprint density at radius 2 is 2.38 bits per heavy atom. The molecule has 66 valence electrons. The van der Waals surface area contributed by atoms with Crippen molar-refractivity contribution in [1.82, 2.24) is 4.98 Å². The van der Waals surface area contributed by atoms with E-state index in [1.54, 1.807) is 0 Å². The van der Waals surface area contributed by atoms with Gasteiger partial charge in [-0.2, -0.15) is 0 Å². The number of rotatable bonds is 0. The number of ether oxygens (including phenoxy) is 1. The number of carbonyl (C=O) groups excluding carboxylic acids is 1. The Morgan fingerprint density at radius 3 is 3.00 bits per heavy atom. The lowest BCUT2D eigenvalue weighted by atomic mass is 10.3. The highest BCUT2D eigenvalue weighted by molar-refractivity contribution is 5.88. The Bertz CT molecular complexity index is 376. The van der Waals surface area contributed by atoms with Gasteiger partial charge < -0.3 is 9.84 Å². The van der Waals surface area contributed by atoms with Crippen molar-refractivity contribution in [3.8, 4) is 17.6 Å². The van der Waals surface area contributed by atoms with Crippen molar-refractivity contribution >= 4 is 5.97 Å². The van der Waals surface area contributed by atoms with E-state index in [-0.39, 0.29) is 5.75 Å². The maximum atomic E-state index is 10.6. The number of methoxy groups -OCH3 is 1. The maximum absolute atomic E-state index is 10.6. The van der Waals surface area contributed by atoms with Crippen LogP contribution in [0.4, 0.5) is 0 Å². The van der Waals surface area contributed by atoms with Crippen LogP contribution in [0, 0.1) is 11.8 Å². The van der Waals surface area contributed by atoms with Gasteiger partial charge in [-0.05, 0) is 6.07 Å². The molecule has 0 aliphatic carbocycles. The molecule has 0 aliphatic rings. The molecule has 0 spiro atoms. The van der Waals surface area contributed by atoms with Gasteiger partial charge >= 0.3 is 5.97 Å². The van der Waals surface area contributed by atoms with E-state index in [1.165, 1.54) is 25.6 Å². The number of aromatic hydroxyl groups is 1. The molecule has 4 nitrogen and oxygen atoms in total. The summed E-state index contributed by atoms with van der Waals surface area (Å²) in [5.41, 5.74) is 0.463. The maximum Gasteiger partial charge on any atom is 0.384 e. The summed E-state index contributed by atoms with van der Waals surface area (Å²) in [6, 6.07) is 1.41. The molecular weight excluding hydrogens is 170 g/mol. The second-order valence-corrected chi connectivity index (χ2v) is 2.17. The molecule has 0 fully saturated rings. The Kier molecular flexibility index (Phi) is 2.87. The van der Waals surface area contributed by atoms with Crippen molar-refractivity contribution in [2.75, 3.05) is 7.11 Å². The predicted octanol–water partition coefficient (Wildman–Crippen LogP) is 0.312. The molecule has 0 unspecified atom stereocenters. The van der Waals surface area contributed by atoms with Crippen LogP contribution in [0.5, 0.6) is 5.75 Å². The highest BCUT2D eigenvalue weighted by Gasteiger charge is 1.92. The minimum atomic E-state index is -0.622. The molecule has 1 aromatic rings. The first-order valence-electron chi connectivity index (χ1n) is 3.46. The number of carbonyl (C=O) groups is 1. The topological polar surface area (TPSA) is 59.4 Å². The molecule has 0 atom stereocenters. The molecule has 1 N–H and O–H groups in total. The van der Waals surface area contributed by atoms with E-state index < -0.39 is 5.97 Å². The van der Waals surface area contributed by atoms with Crippen molar-refractivity contribution in [1.29, 1.82) is 0 Å². The number of hydrogen-bond donors (Lipinski definition) is 1. The fourth-order valence-corrected chi connectivity index (χ4v) is 0.670. The molecule has 0 radical (unpaired) electrons. The first kappa shape index (κ1) is 9.07. The highest BCUT2D eigenvalue weighted by Crippen LogP contribution is 2.06. The zero-order valence-electron chi connectivity index (χ0n) is 6.94. The van der Waals surface area contributed by atoms with Crippen LogP contribution in [0.25, 0.3) is 0 Å². The molecule has 0 aromatic carbocycles. The van der Waals surface area contributed by atoms with Crippen molar-refractivity contribution in [2.24, 2.45) is 0 Å². The Balaban J connectivity index is 2.83. The zero-order chi connectivity index (χ0) is 9.68. The second kappa shape index (κ2) is 4.12. The molecule has 0 saturated heterocycles. The van der Waals surface area contributed by atoms with Gasteiger partial charge in [-0.25, -0.2) is 4.79 Å². The summed E-state index contributed by atoms with van der Waals surface area (Å²) >= 11 is 0. The third-order valence-electron chi connectivity index (χ3n) is 1.22. The molecular formula is C9H7NO3. The largest absolute Gasteiger partial charge is 0.506 e. The van der Waals surface area contributed by atoms with Gasteiger partial charge in [0.2, 0.25) is 0 Å². The van der Waals surface area contributed by atoms with Crippen LogP contribution in [0.1, 0.15) is 5.56 Å². The monoisotopic (exact) mass is 177 g/mol. The van der Waals surface area contributed by atoms with E-state index in [1.807, 2.05) is 0 Å². The summed E-state index contributed by atoms with van der Waals surface area (Å²) in [6.07, 6.45) is 2.72. The number of aromatic nitrogens is 1. The summed E-state index contributed by atoms with van der Waals surface area (Å²) in [7, 11) is 1.25. The molecule has 1 aromatic heterocycles. The van der Waals surface area contributed by atoms with Crippen LogP contribution in [-0.2, 0) is 9.53 Å². The Morgan fingerprint density at radius 1 is 1.62 bits per heavy atom. The van der Waals surface area contributed by atoms with Crippen LogP contribution in [0.15, 0.2) is 18.5 Å². The van der Waals surface area contributed by atoms with Gasteiger partial charge in [-0.3, -0.25) is 4.98 Å². The molecule has 0 aliphatic heterocycles. The third kappa shape index (κ3) is 2.83. The fourth-order valence-electron chi connectivity index (χ4n) is 0.670. The quantitative estimate of drug-likeness (QED) is 0.457. The first-order valence-corrected chi connectivity index (χ1v) is 3.46. The lowest BCUT2D eigenvalue weighted by Crippen LogP contribution is -1.94. The first-order chi connectivity index (χ1) is 6.22. The second-order valence-electron chi connectivity index (χ2n) is 2.17. The summed E-state index contributed by atoms with van der Waals surface area (Å²) < 4.78 is 4.31. The Labute approximate surface area is 75.2 Å². The zero-order valence-corrected chi connectivity index (χ0v) is 6.94. The van der Waals surface area contributed by atoms with Gasteiger partial charge in [0.05, 0.1) is 13.3 Å². The molecule has 0 bridgehead atoms. The van der Waals surface area contributed by atoms with Crippen molar-refractivity contribution in [2.45, 2.75) is 0 Å². The van der Waals surface area contributed by atoms with Crippen LogP contribution >= 0.6 is 0 Å². The van der Waals surface area contributed by atoms with Gasteiger partial charge in [0.1, 0.15) is 5.75 Å². The minimum Gasteiger partial charge on any atom is -0.506 e. The number of hydrogen-bond acceptors (Lipinski definition) is 4. The van der Waals surface area contributed by atoms with Gasteiger partial charge in [-0.15, -0.1) is 0 Å². The predicted molar refractivity (Wildman–Crippen MR) is 44.8 cm³/mol. The van der Waals surface area contributed by atoms with E-state index in [9.17, 15) is 4.79 Å². The Hall–Kier alpha value is -2.02. The van der Waals surface area contributed by atoms with Crippen molar-refractivity contribution in [3.63, 3.8) is 0 Å². The molecule has 4 heteroatoms. The number of nitrogens with zero attached hydrogens (tertiary/aromatic N) is 1. The SMILES string of the molecule is COC(=O)C#Cc1cncc(O)c1. The smallest absolute Gasteiger partial charge is 0.384 e. The van der Waals surface area contributed by atoms with E-state index in [2.05, 4.69) is 21.6 Å². The van der Waals surface area contributed by atoms with E-state index in [4.69, 9.17) is 5.11 Å². The minimum absolute atomic E-state index is 0.0108. The van der Waals surface area contributed by atoms with E-state index >= 15 is 0 Å². The van der Waals surface area contributed by atoms with E-state index in [0.29, 0.717) is 5.56 Å². The summed E-state index contributed by atoms with van der Waals surface area (Å²) in [6.45, 7) is 0. The fraction of sp³-hybridized carbons (Fsp3) is 0.111. The van der Waals surface area contributed by atoms with Crippen LogP contribution in [0.2, 0.25) is 0 Å². The van der Waals surface area contributed by atoms with Crippen LogP contribution in [-0.4, -0.2) is 23.2 Å². The normalized spacial score (nSPS) is 8.38. The van der Waals surface area contributed by atoms with Gasteiger partial charge in [0.25, 0.3) is 0 Å².